The van der Waals surface area contributed by atoms with E-state index in [1.807, 2.05) is 12.1 Å². The summed E-state index contributed by atoms with van der Waals surface area (Å²) in [5.41, 5.74) is 1.13. The van der Waals surface area contributed by atoms with Gasteiger partial charge < -0.3 is 5.32 Å². The summed E-state index contributed by atoms with van der Waals surface area (Å²) in [7, 11) is 0. The highest BCUT2D eigenvalue weighted by Crippen LogP contribution is 2.50. The van der Waals surface area contributed by atoms with Gasteiger partial charge in [0, 0.05) is 6.54 Å². The number of amides is 2. The highest BCUT2D eigenvalue weighted by molar-refractivity contribution is 6.21. The van der Waals surface area contributed by atoms with Crippen LogP contribution in [0.3, 0.4) is 0 Å². The zero-order chi connectivity index (χ0) is 13.0. The molecular weight excluding hydrogens is 240 g/mol. The topological polar surface area (TPSA) is 49.4 Å². The zero-order valence-corrected chi connectivity index (χ0v) is 10.6. The number of piperidine rings is 1. The molecule has 4 nitrogen and oxygen atoms in total. The summed E-state index contributed by atoms with van der Waals surface area (Å²) in [5, 5.41) is 3.38. The predicted molar refractivity (Wildman–Crippen MR) is 69.8 cm³/mol. The first kappa shape index (κ1) is 11.2. The van der Waals surface area contributed by atoms with Crippen molar-refractivity contribution < 1.29 is 9.59 Å². The third kappa shape index (κ3) is 1.56. The molecule has 0 bridgehead atoms. The fourth-order valence-corrected chi connectivity index (χ4v) is 3.68. The Morgan fingerprint density at radius 3 is 2.37 bits per heavy atom. The van der Waals surface area contributed by atoms with Crippen molar-refractivity contribution in [3.8, 4) is 0 Å². The Balaban J connectivity index is 1.55. The summed E-state index contributed by atoms with van der Waals surface area (Å²) >= 11 is 0. The number of hydrogen-bond acceptors (Lipinski definition) is 3. The molecule has 2 heterocycles. The van der Waals surface area contributed by atoms with Crippen molar-refractivity contribution in [1.29, 1.82) is 0 Å². The third-order valence-electron chi connectivity index (χ3n) is 4.82. The van der Waals surface area contributed by atoms with Crippen LogP contribution in [0.1, 0.15) is 27.1 Å². The molecule has 1 saturated heterocycles. The highest BCUT2D eigenvalue weighted by atomic mass is 16.2. The molecule has 3 unspecified atom stereocenters. The number of fused-ring (bicyclic) bond motifs is 2. The molecule has 0 aromatic heterocycles. The van der Waals surface area contributed by atoms with Crippen molar-refractivity contribution in [3.05, 3.63) is 35.4 Å². The van der Waals surface area contributed by atoms with E-state index in [2.05, 4.69) is 5.32 Å². The lowest BCUT2D eigenvalue weighted by atomic mass is 10.1. The van der Waals surface area contributed by atoms with E-state index in [9.17, 15) is 9.59 Å². The van der Waals surface area contributed by atoms with Crippen LogP contribution in [0, 0.1) is 17.8 Å². The smallest absolute Gasteiger partial charge is 0.261 e. The van der Waals surface area contributed by atoms with E-state index in [-0.39, 0.29) is 11.8 Å². The number of carbonyl (C=O) groups is 2. The Morgan fingerprint density at radius 1 is 1.11 bits per heavy atom. The van der Waals surface area contributed by atoms with Gasteiger partial charge in [-0.05, 0) is 49.4 Å². The summed E-state index contributed by atoms with van der Waals surface area (Å²) in [6, 6.07) is 7.12. The minimum absolute atomic E-state index is 0.114. The number of imide groups is 1. The number of carbonyl (C=O) groups excluding carboxylic acids is 2. The summed E-state index contributed by atoms with van der Waals surface area (Å²) in [6.07, 6.45) is 1.18. The molecule has 1 aromatic carbocycles. The molecule has 3 atom stereocenters. The number of hydrogen-bond donors (Lipinski definition) is 1. The number of nitrogens with zero attached hydrogens (tertiary/aromatic N) is 1. The monoisotopic (exact) mass is 256 g/mol. The van der Waals surface area contributed by atoms with E-state index < -0.39 is 0 Å². The van der Waals surface area contributed by atoms with Gasteiger partial charge in [0.25, 0.3) is 11.8 Å². The second-order valence-electron chi connectivity index (χ2n) is 5.75. The average Bonchev–Trinajstić information content (AvgIpc) is 3.10. The van der Waals surface area contributed by atoms with E-state index in [0.717, 1.165) is 13.1 Å². The highest BCUT2D eigenvalue weighted by Gasteiger charge is 2.53. The summed E-state index contributed by atoms with van der Waals surface area (Å²) in [5.74, 6) is 1.66. The SMILES string of the molecule is O=C1c2ccccc2C(=O)N1CC1C2CCNCC21. The lowest BCUT2D eigenvalue weighted by Crippen LogP contribution is -2.32. The first-order chi connectivity index (χ1) is 9.27. The molecule has 1 saturated carbocycles. The normalized spacial score (nSPS) is 32.2. The Labute approximate surface area is 111 Å². The van der Waals surface area contributed by atoms with Gasteiger partial charge in [-0.25, -0.2) is 0 Å². The Bertz CT molecular complexity index is 522. The van der Waals surface area contributed by atoms with Crippen LogP contribution < -0.4 is 5.32 Å². The van der Waals surface area contributed by atoms with Crippen LogP contribution in [0.15, 0.2) is 24.3 Å². The Hall–Kier alpha value is -1.68. The van der Waals surface area contributed by atoms with E-state index in [0.29, 0.717) is 35.4 Å². The molecule has 4 heteroatoms. The summed E-state index contributed by atoms with van der Waals surface area (Å²) < 4.78 is 0. The number of rotatable bonds is 2. The standard InChI is InChI=1S/C15H16N2O2/c18-14-10-3-1-2-4-11(10)15(19)17(14)8-13-9-5-6-16-7-12(9)13/h1-4,9,12-13,16H,5-8H2. The Morgan fingerprint density at radius 2 is 1.79 bits per heavy atom. The van der Waals surface area contributed by atoms with Crippen LogP contribution >= 0.6 is 0 Å². The van der Waals surface area contributed by atoms with Gasteiger partial charge >= 0.3 is 0 Å². The quantitative estimate of drug-likeness (QED) is 0.807. The third-order valence-corrected chi connectivity index (χ3v) is 4.82. The van der Waals surface area contributed by atoms with Crippen LogP contribution in [-0.4, -0.2) is 36.3 Å². The molecule has 1 N–H and O–H groups in total. The lowest BCUT2D eigenvalue weighted by molar-refractivity contribution is 0.0643. The van der Waals surface area contributed by atoms with Crippen molar-refractivity contribution >= 4 is 11.8 Å². The van der Waals surface area contributed by atoms with Gasteiger partial charge in [-0.2, -0.15) is 0 Å². The van der Waals surface area contributed by atoms with Crippen LogP contribution in [0.2, 0.25) is 0 Å². The molecule has 2 fully saturated rings. The van der Waals surface area contributed by atoms with Crippen LogP contribution in [0.25, 0.3) is 0 Å². The molecule has 0 radical (unpaired) electrons. The predicted octanol–water partition coefficient (Wildman–Crippen LogP) is 1.14. The summed E-state index contributed by atoms with van der Waals surface area (Å²) in [6.45, 7) is 2.71. The van der Waals surface area contributed by atoms with Gasteiger partial charge in [0.1, 0.15) is 0 Å². The first-order valence-corrected chi connectivity index (χ1v) is 6.93. The lowest BCUT2D eigenvalue weighted by Gasteiger charge is -2.13. The van der Waals surface area contributed by atoms with Gasteiger partial charge in [0.2, 0.25) is 0 Å². The second-order valence-corrected chi connectivity index (χ2v) is 5.75. The van der Waals surface area contributed by atoms with Crippen molar-refractivity contribution in [1.82, 2.24) is 10.2 Å². The second kappa shape index (κ2) is 3.90. The fraction of sp³-hybridized carbons (Fsp3) is 0.467. The van der Waals surface area contributed by atoms with Gasteiger partial charge in [-0.15, -0.1) is 0 Å². The van der Waals surface area contributed by atoms with Gasteiger partial charge in [-0.1, -0.05) is 12.1 Å². The molecule has 1 aromatic rings. The van der Waals surface area contributed by atoms with Gasteiger partial charge in [0.05, 0.1) is 11.1 Å². The van der Waals surface area contributed by atoms with Crippen molar-refractivity contribution in [2.75, 3.05) is 19.6 Å². The van der Waals surface area contributed by atoms with E-state index in [1.165, 1.54) is 11.3 Å². The molecule has 2 amide bonds. The van der Waals surface area contributed by atoms with Crippen molar-refractivity contribution in [3.63, 3.8) is 0 Å². The molecular formula is C15H16N2O2. The minimum atomic E-state index is -0.114. The van der Waals surface area contributed by atoms with E-state index in [4.69, 9.17) is 0 Å². The molecule has 1 aliphatic carbocycles. The fourth-order valence-electron chi connectivity index (χ4n) is 3.68. The van der Waals surface area contributed by atoms with E-state index >= 15 is 0 Å². The minimum Gasteiger partial charge on any atom is -0.316 e. The average molecular weight is 256 g/mol. The molecule has 3 aliphatic rings. The first-order valence-electron chi connectivity index (χ1n) is 6.93. The maximum absolute atomic E-state index is 12.3. The van der Waals surface area contributed by atoms with Gasteiger partial charge in [0.15, 0.2) is 0 Å². The maximum atomic E-state index is 12.3. The largest absolute Gasteiger partial charge is 0.316 e. The van der Waals surface area contributed by atoms with Crippen molar-refractivity contribution in [2.24, 2.45) is 17.8 Å². The molecule has 0 spiro atoms. The van der Waals surface area contributed by atoms with Crippen molar-refractivity contribution in [2.45, 2.75) is 6.42 Å². The zero-order valence-electron chi connectivity index (χ0n) is 10.6. The molecule has 98 valence electrons. The van der Waals surface area contributed by atoms with Gasteiger partial charge in [-0.3, -0.25) is 14.5 Å². The Kier molecular flexibility index (Phi) is 2.30. The summed E-state index contributed by atoms with van der Waals surface area (Å²) in [4.78, 5) is 26.0. The molecule has 19 heavy (non-hydrogen) atoms. The number of nitrogens with one attached hydrogen (secondary N) is 1. The maximum Gasteiger partial charge on any atom is 0.261 e. The number of benzene rings is 1. The van der Waals surface area contributed by atoms with E-state index in [1.54, 1.807) is 12.1 Å². The van der Waals surface area contributed by atoms with Crippen LogP contribution in [0.4, 0.5) is 0 Å². The van der Waals surface area contributed by atoms with Crippen LogP contribution in [-0.2, 0) is 0 Å². The molecule has 2 aliphatic heterocycles. The molecule has 4 rings (SSSR count). The van der Waals surface area contributed by atoms with Crippen LogP contribution in [0.5, 0.6) is 0 Å².